The normalized spacial score (nSPS) is 11.4. The van der Waals surface area contributed by atoms with Crippen LogP contribution >= 0.6 is 0 Å². The number of benzene rings is 1. The van der Waals surface area contributed by atoms with Gasteiger partial charge in [-0.25, -0.2) is 4.79 Å². The molecule has 21 heavy (non-hydrogen) atoms. The van der Waals surface area contributed by atoms with Crippen molar-refractivity contribution in [3.63, 3.8) is 0 Å². The average molecular weight is 300 g/mol. The molecule has 0 spiro atoms. The quantitative estimate of drug-likeness (QED) is 0.940. The molecule has 2 aromatic rings. The van der Waals surface area contributed by atoms with Gasteiger partial charge in [-0.15, -0.1) is 0 Å². The van der Waals surface area contributed by atoms with E-state index in [1.54, 1.807) is 0 Å². The van der Waals surface area contributed by atoms with Crippen LogP contribution in [-0.2, 0) is 12.7 Å². The van der Waals surface area contributed by atoms with Gasteiger partial charge < -0.3 is 14.4 Å². The first-order valence-electron chi connectivity index (χ1n) is 5.83. The van der Waals surface area contributed by atoms with Crippen molar-refractivity contribution in [3.8, 4) is 0 Å². The molecule has 0 aliphatic heterocycles. The standard InChI is InChI=1S/C13H11F3N2O3/c1-18(12-17-10(7-21-12)11(19)20)6-8-3-2-4-9(5-8)13(14,15)16/h2-5,7H,6H2,1H3,(H,19,20). The first kappa shape index (κ1) is 14.9. The first-order valence-corrected chi connectivity index (χ1v) is 5.83. The molecule has 0 saturated carbocycles. The lowest BCUT2D eigenvalue weighted by Gasteiger charge is -2.15. The SMILES string of the molecule is CN(Cc1cccc(C(F)(F)F)c1)c1nc(C(=O)O)co1. The van der Waals surface area contributed by atoms with Crippen molar-refractivity contribution in [2.75, 3.05) is 11.9 Å². The number of nitrogens with zero attached hydrogens (tertiary/aromatic N) is 2. The van der Waals surface area contributed by atoms with Crippen LogP contribution in [0.3, 0.4) is 0 Å². The summed E-state index contributed by atoms with van der Waals surface area (Å²) >= 11 is 0. The van der Waals surface area contributed by atoms with E-state index in [-0.39, 0.29) is 18.3 Å². The van der Waals surface area contributed by atoms with E-state index in [1.165, 1.54) is 24.1 Å². The van der Waals surface area contributed by atoms with Crippen LogP contribution in [0.15, 0.2) is 34.9 Å². The van der Waals surface area contributed by atoms with E-state index >= 15 is 0 Å². The number of rotatable bonds is 4. The van der Waals surface area contributed by atoms with Gasteiger partial charge in [-0.1, -0.05) is 12.1 Å². The predicted octanol–water partition coefficient (Wildman–Crippen LogP) is 3.03. The lowest BCUT2D eigenvalue weighted by atomic mass is 10.1. The zero-order valence-corrected chi connectivity index (χ0v) is 10.9. The van der Waals surface area contributed by atoms with Gasteiger partial charge in [0.25, 0.3) is 6.01 Å². The zero-order chi connectivity index (χ0) is 15.6. The van der Waals surface area contributed by atoms with Crippen molar-refractivity contribution in [1.82, 2.24) is 4.98 Å². The Labute approximate surface area is 117 Å². The van der Waals surface area contributed by atoms with Gasteiger partial charge in [0.2, 0.25) is 0 Å². The lowest BCUT2D eigenvalue weighted by molar-refractivity contribution is -0.137. The number of alkyl halides is 3. The van der Waals surface area contributed by atoms with Crippen molar-refractivity contribution in [3.05, 3.63) is 47.3 Å². The first-order chi connectivity index (χ1) is 9.77. The molecular formula is C13H11F3N2O3. The van der Waals surface area contributed by atoms with Gasteiger partial charge in [-0.2, -0.15) is 18.2 Å². The zero-order valence-electron chi connectivity index (χ0n) is 10.9. The molecule has 0 radical (unpaired) electrons. The second-order valence-corrected chi connectivity index (χ2v) is 4.37. The Hall–Kier alpha value is -2.51. The minimum atomic E-state index is -4.41. The Morgan fingerprint density at radius 2 is 2.14 bits per heavy atom. The molecule has 112 valence electrons. The number of hydrogen-bond donors (Lipinski definition) is 1. The van der Waals surface area contributed by atoms with Gasteiger partial charge in [0.05, 0.1) is 5.56 Å². The summed E-state index contributed by atoms with van der Waals surface area (Å²) in [6.45, 7) is 0.101. The smallest absolute Gasteiger partial charge is 0.416 e. The van der Waals surface area contributed by atoms with Crippen LogP contribution in [0.1, 0.15) is 21.6 Å². The van der Waals surface area contributed by atoms with E-state index < -0.39 is 17.7 Å². The summed E-state index contributed by atoms with van der Waals surface area (Å²) < 4.78 is 42.8. The number of carboxylic acids is 1. The number of carbonyl (C=O) groups is 1. The molecule has 0 aliphatic carbocycles. The van der Waals surface area contributed by atoms with E-state index in [2.05, 4.69) is 4.98 Å². The molecule has 0 aliphatic rings. The van der Waals surface area contributed by atoms with Crippen LogP contribution in [0.2, 0.25) is 0 Å². The number of aromatic carboxylic acids is 1. The Bertz CT molecular complexity index is 652. The number of hydrogen-bond acceptors (Lipinski definition) is 4. The maximum atomic E-state index is 12.6. The summed E-state index contributed by atoms with van der Waals surface area (Å²) in [5.41, 5.74) is -0.602. The molecule has 0 amide bonds. The fourth-order valence-electron chi connectivity index (χ4n) is 1.73. The Balaban J connectivity index is 2.15. The molecule has 0 atom stereocenters. The molecule has 0 fully saturated rings. The highest BCUT2D eigenvalue weighted by Crippen LogP contribution is 2.30. The van der Waals surface area contributed by atoms with Gasteiger partial charge in [0.15, 0.2) is 5.69 Å². The van der Waals surface area contributed by atoms with E-state index in [0.717, 1.165) is 18.4 Å². The third kappa shape index (κ3) is 3.53. The number of anilines is 1. The molecule has 8 heteroatoms. The summed E-state index contributed by atoms with van der Waals surface area (Å²) in [6, 6.07) is 4.87. The highest BCUT2D eigenvalue weighted by molar-refractivity contribution is 5.85. The molecule has 2 rings (SSSR count). The topological polar surface area (TPSA) is 66.6 Å². The van der Waals surface area contributed by atoms with Crippen molar-refractivity contribution in [1.29, 1.82) is 0 Å². The molecule has 1 N–H and O–H groups in total. The molecule has 0 saturated heterocycles. The van der Waals surface area contributed by atoms with Crippen LogP contribution in [0.25, 0.3) is 0 Å². The van der Waals surface area contributed by atoms with Crippen LogP contribution in [0, 0.1) is 0 Å². The summed E-state index contributed by atoms with van der Waals surface area (Å²) in [5, 5.41) is 8.73. The number of oxazole rings is 1. The fraction of sp³-hybridized carbons (Fsp3) is 0.231. The molecule has 5 nitrogen and oxygen atoms in total. The van der Waals surface area contributed by atoms with Crippen LogP contribution in [-0.4, -0.2) is 23.1 Å². The van der Waals surface area contributed by atoms with Gasteiger partial charge in [0, 0.05) is 13.6 Å². The average Bonchev–Trinajstić information content (AvgIpc) is 2.88. The maximum absolute atomic E-state index is 12.6. The molecule has 0 unspecified atom stereocenters. The highest BCUT2D eigenvalue weighted by Gasteiger charge is 2.30. The van der Waals surface area contributed by atoms with Gasteiger partial charge >= 0.3 is 12.1 Å². The molecule has 1 heterocycles. The maximum Gasteiger partial charge on any atom is 0.416 e. The Morgan fingerprint density at radius 3 is 2.71 bits per heavy atom. The summed E-state index contributed by atoms with van der Waals surface area (Å²) in [5.74, 6) is -1.24. The van der Waals surface area contributed by atoms with E-state index in [9.17, 15) is 18.0 Å². The van der Waals surface area contributed by atoms with Crippen LogP contribution in [0.4, 0.5) is 19.2 Å². The summed E-state index contributed by atoms with van der Waals surface area (Å²) in [4.78, 5) is 15.8. The van der Waals surface area contributed by atoms with Crippen LogP contribution in [0.5, 0.6) is 0 Å². The van der Waals surface area contributed by atoms with E-state index in [0.29, 0.717) is 5.56 Å². The predicted molar refractivity (Wildman–Crippen MR) is 67.0 cm³/mol. The minimum Gasteiger partial charge on any atom is -0.476 e. The number of carboxylic acid groups (broad SMARTS) is 1. The molecule has 1 aromatic heterocycles. The summed E-state index contributed by atoms with van der Waals surface area (Å²) in [6.07, 6.45) is -3.44. The van der Waals surface area contributed by atoms with Gasteiger partial charge in [-0.05, 0) is 17.7 Å². The highest BCUT2D eigenvalue weighted by atomic mass is 19.4. The Kier molecular flexibility index (Phi) is 3.88. The third-order valence-electron chi connectivity index (χ3n) is 2.71. The van der Waals surface area contributed by atoms with Gasteiger partial charge in [-0.3, -0.25) is 0 Å². The van der Waals surface area contributed by atoms with E-state index in [1.807, 2.05) is 0 Å². The number of aromatic nitrogens is 1. The second kappa shape index (κ2) is 5.47. The second-order valence-electron chi connectivity index (χ2n) is 4.37. The number of halogens is 3. The molecular weight excluding hydrogens is 289 g/mol. The molecule has 0 bridgehead atoms. The summed E-state index contributed by atoms with van der Waals surface area (Å²) in [7, 11) is 1.54. The Morgan fingerprint density at radius 1 is 1.43 bits per heavy atom. The van der Waals surface area contributed by atoms with E-state index in [4.69, 9.17) is 9.52 Å². The van der Waals surface area contributed by atoms with Crippen LogP contribution < -0.4 is 4.90 Å². The monoisotopic (exact) mass is 300 g/mol. The van der Waals surface area contributed by atoms with Gasteiger partial charge in [0.1, 0.15) is 6.26 Å². The largest absolute Gasteiger partial charge is 0.476 e. The van der Waals surface area contributed by atoms with Crippen molar-refractivity contribution < 1.29 is 27.5 Å². The van der Waals surface area contributed by atoms with Crippen molar-refractivity contribution >= 4 is 12.0 Å². The molecule has 1 aromatic carbocycles. The van der Waals surface area contributed by atoms with Crippen molar-refractivity contribution in [2.45, 2.75) is 12.7 Å². The fourth-order valence-corrected chi connectivity index (χ4v) is 1.73. The van der Waals surface area contributed by atoms with Crippen molar-refractivity contribution in [2.24, 2.45) is 0 Å². The third-order valence-corrected chi connectivity index (χ3v) is 2.71. The lowest BCUT2D eigenvalue weighted by Crippen LogP contribution is -2.17. The minimum absolute atomic E-state index is 0.0183.